The van der Waals surface area contributed by atoms with E-state index in [4.69, 9.17) is 38.5 Å². The molecule has 2 aliphatic heterocycles. The van der Waals surface area contributed by atoms with Gasteiger partial charge < -0.3 is 25.2 Å². The highest BCUT2D eigenvalue weighted by molar-refractivity contribution is 7.80. The normalized spacial score (nSPS) is 18.5. The summed E-state index contributed by atoms with van der Waals surface area (Å²) in [4.78, 5) is 14.4. The first-order valence-corrected chi connectivity index (χ1v) is 14.7. The molecule has 2 fully saturated rings. The van der Waals surface area contributed by atoms with E-state index in [-0.39, 0.29) is 5.41 Å². The van der Waals surface area contributed by atoms with Crippen molar-refractivity contribution in [3.8, 4) is 0 Å². The molecule has 39 heavy (non-hydrogen) atoms. The maximum atomic E-state index is 6.19. The number of ether oxygens (including phenoxy) is 1. The van der Waals surface area contributed by atoms with Crippen molar-refractivity contribution in [1.29, 1.82) is 0 Å². The van der Waals surface area contributed by atoms with Gasteiger partial charge in [0.15, 0.2) is 5.11 Å². The highest BCUT2D eigenvalue weighted by Crippen LogP contribution is 2.39. The van der Waals surface area contributed by atoms with Gasteiger partial charge in [-0.25, -0.2) is 0 Å². The zero-order valence-corrected chi connectivity index (χ0v) is 23.7. The van der Waals surface area contributed by atoms with E-state index in [2.05, 4.69) is 62.9 Å². The van der Waals surface area contributed by atoms with Crippen molar-refractivity contribution in [2.24, 2.45) is 0 Å². The molecule has 7 nitrogen and oxygen atoms in total. The number of nitrogens with zero attached hydrogens (tertiary/aromatic N) is 4. The minimum Gasteiger partial charge on any atom is -0.378 e. The van der Waals surface area contributed by atoms with Gasteiger partial charge in [0.1, 0.15) is 11.6 Å². The van der Waals surface area contributed by atoms with Gasteiger partial charge in [-0.3, -0.25) is 0 Å². The molecule has 2 aromatic carbocycles. The monoisotopic (exact) mass is 562 g/mol. The summed E-state index contributed by atoms with van der Waals surface area (Å²) in [5.74, 6) is 2.32. The number of thiocarbonyl (C=S) groups is 1. The molecule has 9 heteroatoms. The largest absolute Gasteiger partial charge is 0.378 e. The first kappa shape index (κ1) is 26.3. The summed E-state index contributed by atoms with van der Waals surface area (Å²) in [7, 11) is 0. The van der Waals surface area contributed by atoms with Crippen molar-refractivity contribution in [2.45, 2.75) is 50.6 Å². The first-order valence-electron chi connectivity index (χ1n) is 13.9. The molecular weight excluding hydrogens is 528 g/mol. The van der Waals surface area contributed by atoms with Crippen LogP contribution in [0.15, 0.2) is 54.6 Å². The number of hydrogen-bond donors (Lipinski definition) is 2. The summed E-state index contributed by atoms with van der Waals surface area (Å²) in [6.45, 7) is 5.44. The van der Waals surface area contributed by atoms with E-state index in [1.807, 2.05) is 12.1 Å². The Labute approximate surface area is 240 Å². The number of anilines is 3. The van der Waals surface area contributed by atoms with E-state index in [9.17, 15) is 0 Å². The van der Waals surface area contributed by atoms with E-state index in [1.165, 1.54) is 36.0 Å². The molecule has 6 rings (SSSR count). The molecule has 1 saturated heterocycles. The van der Waals surface area contributed by atoms with Gasteiger partial charge in [-0.15, -0.1) is 0 Å². The molecular formula is C30H35ClN6OS. The van der Waals surface area contributed by atoms with Crippen LogP contribution in [0.2, 0.25) is 5.02 Å². The van der Waals surface area contributed by atoms with Crippen molar-refractivity contribution < 1.29 is 4.74 Å². The van der Waals surface area contributed by atoms with Gasteiger partial charge in [-0.2, -0.15) is 9.97 Å². The van der Waals surface area contributed by atoms with Gasteiger partial charge in [0.2, 0.25) is 5.95 Å². The van der Waals surface area contributed by atoms with Crippen LogP contribution < -0.4 is 20.4 Å². The van der Waals surface area contributed by atoms with Gasteiger partial charge in [-0.05, 0) is 53.9 Å². The van der Waals surface area contributed by atoms with Gasteiger partial charge >= 0.3 is 0 Å². The molecule has 204 valence electrons. The number of fused-ring (bicyclic) bond motifs is 1. The summed E-state index contributed by atoms with van der Waals surface area (Å²) in [5.41, 5.74) is 4.05. The van der Waals surface area contributed by atoms with Crippen LogP contribution >= 0.6 is 23.8 Å². The second-order valence-electron chi connectivity index (χ2n) is 10.8. The van der Waals surface area contributed by atoms with Crippen molar-refractivity contribution in [1.82, 2.24) is 15.3 Å². The lowest BCUT2D eigenvalue weighted by molar-refractivity contribution is 0.122. The van der Waals surface area contributed by atoms with Crippen LogP contribution in [0.5, 0.6) is 0 Å². The molecule has 0 atom stereocenters. The van der Waals surface area contributed by atoms with Crippen molar-refractivity contribution in [3.05, 3.63) is 76.3 Å². The SMILES string of the molecule is S=C(NCC1(c2ccc(Cl)cc2)CCCCC1)Nc1nc(N2CCOCC2)cc(N2Cc3ccccc3C2)n1. The molecule has 1 aliphatic carbocycles. The minimum atomic E-state index is 0.0393. The number of aromatic nitrogens is 2. The molecule has 0 amide bonds. The second-order valence-corrected chi connectivity index (χ2v) is 11.6. The van der Waals surface area contributed by atoms with Crippen LogP contribution in [0.3, 0.4) is 0 Å². The summed E-state index contributed by atoms with van der Waals surface area (Å²) in [5, 5.41) is 8.15. The zero-order chi connectivity index (χ0) is 26.7. The quantitative estimate of drug-likeness (QED) is 0.372. The van der Waals surface area contributed by atoms with Crippen molar-refractivity contribution >= 4 is 46.5 Å². The van der Waals surface area contributed by atoms with E-state index in [0.717, 1.165) is 62.2 Å². The summed E-state index contributed by atoms with van der Waals surface area (Å²) in [6.07, 6.45) is 5.98. The Morgan fingerprint density at radius 2 is 1.54 bits per heavy atom. The standard InChI is InChI=1S/C30H35ClN6OS/c31-25-10-8-24(9-11-25)30(12-4-1-5-13-30)21-32-29(39)35-28-33-26(36-14-16-38-17-15-36)18-27(34-28)37-19-22-6-2-3-7-23(22)20-37/h2-3,6-11,18H,1,4-5,12-17,19-21H2,(H2,32,33,34,35,39). The fraction of sp³-hybridized carbons (Fsp3) is 0.433. The van der Waals surface area contributed by atoms with E-state index in [0.29, 0.717) is 24.3 Å². The number of nitrogens with one attached hydrogen (secondary N) is 2. The van der Waals surface area contributed by atoms with E-state index < -0.39 is 0 Å². The second kappa shape index (κ2) is 11.7. The van der Waals surface area contributed by atoms with Crippen LogP contribution in [0, 0.1) is 0 Å². The lowest BCUT2D eigenvalue weighted by Crippen LogP contribution is -2.43. The third-order valence-corrected chi connectivity index (χ3v) is 8.78. The lowest BCUT2D eigenvalue weighted by atomic mass is 9.69. The predicted octanol–water partition coefficient (Wildman–Crippen LogP) is 5.68. The zero-order valence-electron chi connectivity index (χ0n) is 22.2. The summed E-state index contributed by atoms with van der Waals surface area (Å²) < 4.78 is 5.58. The smallest absolute Gasteiger partial charge is 0.232 e. The molecule has 1 saturated carbocycles. The highest BCUT2D eigenvalue weighted by atomic mass is 35.5. The van der Waals surface area contributed by atoms with E-state index in [1.54, 1.807) is 0 Å². The van der Waals surface area contributed by atoms with Crippen molar-refractivity contribution in [2.75, 3.05) is 48.0 Å². The van der Waals surface area contributed by atoms with Crippen LogP contribution in [0.4, 0.5) is 17.6 Å². The van der Waals surface area contributed by atoms with E-state index >= 15 is 0 Å². The maximum absolute atomic E-state index is 6.19. The van der Waals surface area contributed by atoms with Crippen LogP contribution in [0.1, 0.15) is 48.8 Å². The molecule has 2 N–H and O–H groups in total. The highest BCUT2D eigenvalue weighted by Gasteiger charge is 2.34. The molecule has 0 spiro atoms. The van der Waals surface area contributed by atoms with Crippen molar-refractivity contribution in [3.63, 3.8) is 0 Å². The number of halogens is 1. The Morgan fingerprint density at radius 3 is 2.21 bits per heavy atom. The van der Waals surface area contributed by atoms with Crippen LogP contribution in [-0.4, -0.2) is 47.9 Å². The maximum Gasteiger partial charge on any atom is 0.232 e. The molecule has 3 heterocycles. The van der Waals surface area contributed by atoms with Crippen LogP contribution in [-0.2, 0) is 23.2 Å². The van der Waals surface area contributed by atoms with Gasteiger partial charge in [0.05, 0.1) is 13.2 Å². The van der Waals surface area contributed by atoms with Gasteiger partial charge in [0.25, 0.3) is 0 Å². The summed E-state index contributed by atoms with van der Waals surface area (Å²) in [6, 6.07) is 19.0. The van der Waals surface area contributed by atoms with Gasteiger partial charge in [-0.1, -0.05) is 67.3 Å². The Bertz CT molecular complexity index is 1280. The topological polar surface area (TPSA) is 65.6 Å². The molecule has 3 aliphatic rings. The Kier molecular flexibility index (Phi) is 7.86. The third-order valence-electron chi connectivity index (χ3n) is 8.28. The minimum absolute atomic E-state index is 0.0393. The van der Waals surface area contributed by atoms with Crippen LogP contribution in [0.25, 0.3) is 0 Å². The molecule has 1 aromatic heterocycles. The van der Waals surface area contributed by atoms with Gasteiger partial charge in [0, 0.05) is 49.2 Å². The molecule has 3 aromatic rings. The molecule has 0 radical (unpaired) electrons. The number of benzene rings is 2. The number of morpholine rings is 1. The fourth-order valence-electron chi connectivity index (χ4n) is 6.08. The molecule has 0 unspecified atom stereocenters. The average Bonchev–Trinajstić information content (AvgIpc) is 3.42. The number of rotatable bonds is 6. The fourth-order valence-corrected chi connectivity index (χ4v) is 6.37. The number of hydrogen-bond acceptors (Lipinski definition) is 6. The Morgan fingerprint density at radius 1 is 0.897 bits per heavy atom. The first-order chi connectivity index (χ1) is 19.1. The molecule has 0 bridgehead atoms. The lowest BCUT2D eigenvalue weighted by Gasteiger charge is -2.38. The predicted molar refractivity (Wildman–Crippen MR) is 162 cm³/mol. The Balaban J connectivity index is 1.20. The average molecular weight is 563 g/mol. The Hall–Kier alpha value is -2.94. The summed E-state index contributed by atoms with van der Waals surface area (Å²) >= 11 is 12.0. The third kappa shape index (κ3) is 5.98.